The van der Waals surface area contributed by atoms with Crippen LogP contribution < -0.4 is 10.2 Å². The van der Waals surface area contributed by atoms with Crippen LogP contribution in [0.15, 0.2) is 72.9 Å². The standard InChI is InChI=1S/C27H22ClFN4O2S/c1-32-15-19-11-10-18(12-24(19)33(27(32)35)16-21-22(28)8-5-9-23(21)29)25(34)30-13-20-14-31-26(36-20)17-6-3-2-4-7-17/h2-12,14H,13,15-16H2,1H3,(H,30,34). The fraction of sp³-hybridized carbons (Fsp3) is 0.148. The van der Waals surface area contributed by atoms with Gasteiger partial charge in [0.25, 0.3) is 5.91 Å². The first-order valence-electron chi connectivity index (χ1n) is 11.3. The van der Waals surface area contributed by atoms with Gasteiger partial charge in [0.05, 0.1) is 18.8 Å². The van der Waals surface area contributed by atoms with Gasteiger partial charge in [-0.25, -0.2) is 14.2 Å². The summed E-state index contributed by atoms with van der Waals surface area (Å²) in [6, 6.07) is 19.2. The maximum atomic E-state index is 14.5. The third-order valence-corrected chi connectivity index (χ3v) is 7.38. The molecule has 0 radical (unpaired) electrons. The van der Waals surface area contributed by atoms with Gasteiger partial charge in [-0.1, -0.05) is 54.1 Å². The van der Waals surface area contributed by atoms with Crippen molar-refractivity contribution < 1.29 is 14.0 Å². The highest BCUT2D eigenvalue weighted by molar-refractivity contribution is 7.15. The summed E-state index contributed by atoms with van der Waals surface area (Å²) in [5, 5.41) is 4.06. The molecule has 6 nitrogen and oxygen atoms in total. The summed E-state index contributed by atoms with van der Waals surface area (Å²) in [7, 11) is 1.68. The Morgan fingerprint density at radius 3 is 2.72 bits per heavy atom. The number of nitrogens with one attached hydrogen (secondary N) is 1. The number of amides is 3. The molecule has 36 heavy (non-hydrogen) atoms. The molecule has 4 aromatic rings. The van der Waals surface area contributed by atoms with Crippen molar-refractivity contribution in [2.45, 2.75) is 19.6 Å². The molecule has 9 heteroatoms. The van der Waals surface area contributed by atoms with E-state index in [0.29, 0.717) is 24.3 Å². The lowest BCUT2D eigenvalue weighted by molar-refractivity contribution is 0.0951. The third kappa shape index (κ3) is 4.82. The number of rotatable bonds is 6. The van der Waals surface area contributed by atoms with E-state index >= 15 is 0 Å². The van der Waals surface area contributed by atoms with Gasteiger partial charge in [-0.2, -0.15) is 0 Å². The zero-order chi connectivity index (χ0) is 25.2. The van der Waals surface area contributed by atoms with E-state index in [1.807, 2.05) is 36.4 Å². The van der Waals surface area contributed by atoms with Crippen molar-refractivity contribution in [3.63, 3.8) is 0 Å². The summed E-state index contributed by atoms with van der Waals surface area (Å²) < 4.78 is 14.5. The van der Waals surface area contributed by atoms with Crippen molar-refractivity contribution in [1.29, 1.82) is 0 Å². The second-order valence-electron chi connectivity index (χ2n) is 8.45. The summed E-state index contributed by atoms with van der Waals surface area (Å²) in [5.41, 5.74) is 3.08. The minimum atomic E-state index is -0.488. The molecule has 0 atom stereocenters. The number of urea groups is 1. The SMILES string of the molecule is CN1Cc2ccc(C(=O)NCc3cnc(-c4ccccc4)s3)cc2N(Cc2c(F)cccc2Cl)C1=O. The molecular formula is C27H22ClFN4O2S. The van der Waals surface area contributed by atoms with E-state index < -0.39 is 5.82 Å². The van der Waals surface area contributed by atoms with E-state index in [0.717, 1.165) is 21.0 Å². The van der Waals surface area contributed by atoms with Crippen molar-refractivity contribution in [1.82, 2.24) is 15.2 Å². The minimum Gasteiger partial charge on any atom is -0.347 e. The zero-order valence-corrected chi connectivity index (χ0v) is 20.9. The molecule has 0 saturated heterocycles. The van der Waals surface area contributed by atoms with Crippen LogP contribution in [-0.2, 0) is 19.6 Å². The van der Waals surface area contributed by atoms with Crippen molar-refractivity contribution in [3.8, 4) is 10.6 Å². The van der Waals surface area contributed by atoms with Crippen molar-refractivity contribution in [3.05, 3.63) is 105 Å². The Labute approximate surface area is 217 Å². The van der Waals surface area contributed by atoms with Crippen LogP contribution in [0.2, 0.25) is 5.02 Å². The maximum Gasteiger partial charge on any atom is 0.324 e. The molecule has 3 amide bonds. The Morgan fingerprint density at radius 2 is 1.94 bits per heavy atom. The van der Waals surface area contributed by atoms with Gasteiger partial charge in [0.2, 0.25) is 0 Å². The molecule has 0 aliphatic carbocycles. The molecule has 0 bridgehead atoms. The molecule has 3 aromatic carbocycles. The Balaban J connectivity index is 1.35. The lowest BCUT2D eigenvalue weighted by Gasteiger charge is -2.35. The van der Waals surface area contributed by atoms with E-state index in [1.165, 1.54) is 28.4 Å². The molecule has 1 N–H and O–H groups in total. The van der Waals surface area contributed by atoms with Crippen molar-refractivity contribution in [2.75, 3.05) is 11.9 Å². The molecule has 0 spiro atoms. The summed E-state index contributed by atoms with van der Waals surface area (Å²) in [4.78, 5) is 34.4. The average molecular weight is 521 g/mol. The highest BCUT2D eigenvalue weighted by Crippen LogP contribution is 2.32. The summed E-state index contributed by atoms with van der Waals surface area (Å²) in [6.07, 6.45) is 1.76. The number of benzene rings is 3. The molecule has 1 aromatic heterocycles. The van der Waals surface area contributed by atoms with E-state index in [9.17, 15) is 14.0 Å². The highest BCUT2D eigenvalue weighted by atomic mass is 35.5. The van der Waals surface area contributed by atoms with E-state index in [4.69, 9.17) is 11.6 Å². The number of carbonyl (C=O) groups is 2. The Bertz CT molecular complexity index is 1420. The first kappa shape index (κ1) is 24.0. The Kier molecular flexibility index (Phi) is 6.71. The molecule has 182 valence electrons. The number of carbonyl (C=O) groups excluding carboxylic acids is 2. The van der Waals surface area contributed by atoms with Gasteiger partial charge in [-0.3, -0.25) is 9.69 Å². The second kappa shape index (κ2) is 10.1. The maximum absolute atomic E-state index is 14.5. The number of nitrogens with zero attached hydrogens (tertiary/aromatic N) is 3. The van der Waals surface area contributed by atoms with Gasteiger partial charge in [0.15, 0.2) is 0 Å². The molecule has 0 fully saturated rings. The lowest BCUT2D eigenvalue weighted by atomic mass is 10.0. The fourth-order valence-electron chi connectivity index (χ4n) is 4.09. The number of hydrogen-bond donors (Lipinski definition) is 1. The van der Waals surface area contributed by atoms with Crippen molar-refractivity contribution in [2.24, 2.45) is 0 Å². The number of fused-ring (bicyclic) bond motifs is 1. The van der Waals surface area contributed by atoms with Crippen molar-refractivity contribution >= 4 is 40.6 Å². The molecule has 1 aliphatic rings. The predicted molar refractivity (Wildman–Crippen MR) is 140 cm³/mol. The monoisotopic (exact) mass is 520 g/mol. The topological polar surface area (TPSA) is 65.5 Å². The lowest BCUT2D eigenvalue weighted by Crippen LogP contribution is -2.45. The predicted octanol–water partition coefficient (Wildman–Crippen LogP) is 6.10. The molecule has 0 unspecified atom stereocenters. The van der Waals surface area contributed by atoms with Crippen LogP contribution in [-0.4, -0.2) is 28.9 Å². The number of thiazole rings is 1. The summed E-state index contributed by atoms with van der Waals surface area (Å²) in [6.45, 7) is 0.674. The Morgan fingerprint density at radius 1 is 1.14 bits per heavy atom. The molecule has 2 heterocycles. The molecule has 5 rings (SSSR count). The quantitative estimate of drug-likeness (QED) is 0.334. The second-order valence-corrected chi connectivity index (χ2v) is 9.97. The van der Waals surface area contributed by atoms with Crippen LogP contribution in [0.25, 0.3) is 10.6 Å². The first-order chi connectivity index (χ1) is 17.4. The van der Waals surface area contributed by atoms with Gasteiger partial charge in [0.1, 0.15) is 10.8 Å². The Hall–Kier alpha value is -3.75. The zero-order valence-electron chi connectivity index (χ0n) is 19.4. The minimum absolute atomic E-state index is 0.0458. The summed E-state index contributed by atoms with van der Waals surface area (Å²) in [5.74, 6) is -0.763. The molecule has 1 aliphatic heterocycles. The van der Waals surface area contributed by atoms with Crippen LogP contribution in [0.3, 0.4) is 0 Å². The van der Waals surface area contributed by atoms with E-state index in [-0.39, 0.29) is 29.1 Å². The van der Waals surface area contributed by atoms with Crippen LogP contribution in [0.1, 0.15) is 26.4 Å². The molecular weight excluding hydrogens is 499 g/mol. The largest absolute Gasteiger partial charge is 0.347 e. The summed E-state index contributed by atoms with van der Waals surface area (Å²) >= 11 is 7.74. The highest BCUT2D eigenvalue weighted by Gasteiger charge is 2.30. The number of hydrogen-bond acceptors (Lipinski definition) is 4. The van der Waals surface area contributed by atoms with E-state index in [1.54, 1.807) is 36.3 Å². The number of anilines is 1. The van der Waals surface area contributed by atoms with Gasteiger partial charge in [-0.15, -0.1) is 11.3 Å². The van der Waals surface area contributed by atoms with Gasteiger partial charge < -0.3 is 10.2 Å². The van der Waals surface area contributed by atoms with Gasteiger partial charge in [-0.05, 0) is 29.8 Å². The first-order valence-corrected chi connectivity index (χ1v) is 12.5. The number of aromatic nitrogens is 1. The molecule has 0 saturated carbocycles. The third-order valence-electron chi connectivity index (χ3n) is 5.98. The van der Waals surface area contributed by atoms with E-state index in [2.05, 4.69) is 10.3 Å². The van der Waals surface area contributed by atoms with Crippen LogP contribution in [0.5, 0.6) is 0 Å². The van der Waals surface area contributed by atoms with Gasteiger partial charge >= 0.3 is 6.03 Å². The van der Waals surface area contributed by atoms with Crippen LogP contribution in [0, 0.1) is 5.82 Å². The van der Waals surface area contributed by atoms with Gasteiger partial charge in [0, 0.05) is 46.4 Å². The van der Waals surface area contributed by atoms with Crippen LogP contribution in [0.4, 0.5) is 14.9 Å². The average Bonchev–Trinajstić information content (AvgIpc) is 3.36. The fourth-order valence-corrected chi connectivity index (χ4v) is 5.17. The smallest absolute Gasteiger partial charge is 0.324 e. The normalized spacial score (nSPS) is 13.0. The van der Waals surface area contributed by atoms with Crippen LogP contribution >= 0.6 is 22.9 Å². The number of halogens is 2.